The van der Waals surface area contributed by atoms with Crippen molar-refractivity contribution >= 4 is 17.6 Å². The molecule has 1 aromatic rings. The highest BCUT2D eigenvalue weighted by Gasteiger charge is 2.34. The zero-order chi connectivity index (χ0) is 17.0. The van der Waals surface area contributed by atoms with Crippen LogP contribution in [-0.2, 0) is 9.59 Å². The minimum Gasteiger partial charge on any atom is -0.481 e. The molecule has 1 atom stereocenters. The van der Waals surface area contributed by atoms with Crippen molar-refractivity contribution in [2.45, 2.75) is 58.0 Å². The molecule has 1 saturated carbocycles. The summed E-state index contributed by atoms with van der Waals surface area (Å²) in [6.07, 6.45) is 1.68. The number of carbonyl (C=O) groups excluding carboxylic acids is 1. The molecule has 2 rings (SSSR count). The van der Waals surface area contributed by atoms with Gasteiger partial charge in [0.2, 0.25) is 5.91 Å². The minimum absolute atomic E-state index is 0.0211. The molecule has 1 aromatic carbocycles. The molecular weight excluding hydrogens is 292 g/mol. The number of hydrogen-bond acceptors (Lipinski definition) is 3. The van der Waals surface area contributed by atoms with Gasteiger partial charge in [-0.05, 0) is 37.3 Å². The van der Waals surface area contributed by atoms with Crippen molar-refractivity contribution in [3.63, 3.8) is 0 Å². The Bertz CT molecular complexity index is 565. The number of aliphatic carboxylic acids is 1. The lowest BCUT2D eigenvalue weighted by Crippen LogP contribution is -2.48. The van der Waals surface area contributed by atoms with Gasteiger partial charge in [-0.1, -0.05) is 32.0 Å². The van der Waals surface area contributed by atoms with E-state index < -0.39 is 5.97 Å². The second-order valence-corrected chi connectivity index (χ2v) is 6.77. The van der Waals surface area contributed by atoms with Crippen LogP contribution in [0.5, 0.6) is 0 Å². The van der Waals surface area contributed by atoms with E-state index in [4.69, 9.17) is 5.11 Å². The van der Waals surface area contributed by atoms with E-state index in [-0.39, 0.29) is 23.9 Å². The van der Waals surface area contributed by atoms with Crippen molar-refractivity contribution in [2.75, 3.05) is 5.32 Å². The molecule has 0 heterocycles. The first-order valence-corrected chi connectivity index (χ1v) is 8.24. The van der Waals surface area contributed by atoms with Crippen LogP contribution in [0.1, 0.15) is 51.5 Å². The summed E-state index contributed by atoms with van der Waals surface area (Å²) < 4.78 is 0. The molecule has 0 radical (unpaired) electrons. The predicted molar refractivity (Wildman–Crippen MR) is 90.5 cm³/mol. The zero-order valence-electron chi connectivity index (χ0n) is 14.0. The number of amides is 1. The van der Waals surface area contributed by atoms with Crippen LogP contribution in [0, 0.1) is 5.92 Å². The van der Waals surface area contributed by atoms with E-state index in [0.29, 0.717) is 25.2 Å². The fourth-order valence-corrected chi connectivity index (χ4v) is 3.01. The topological polar surface area (TPSA) is 78.4 Å². The molecule has 5 nitrogen and oxygen atoms in total. The van der Waals surface area contributed by atoms with Crippen molar-refractivity contribution in [1.82, 2.24) is 5.32 Å². The Kier molecular flexibility index (Phi) is 5.77. The highest BCUT2D eigenvalue weighted by molar-refractivity contribution is 5.92. The summed E-state index contributed by atoms with van der Waals surface area (Å²) in [5.41, 5.74) is 2.00. The second-order valence-electron chi connectivity index (χ2n) is 6.77. The van der Waals surface area contributed by atoms with Crippen molar-refractivity contribution in [1.29, 1.82) is 0 Å². The van der Waals surface area contributed by atoms with Gasteiger partial charge in [0.15, 0.2) is 0 Å². The fraction of sp³-hybridized carbons (Fsp3) is 0.556. The van der Waals surface area contributed by atoms with Gasteiger partial charge in [0.25, 0.3) is 0 Å². The minimum atomic E-state index is -0.723. The maximum absolute atomic E-state index is 12.2. The van der Waals surface area contributed by atoms with Crippen molar-refractivity contribution < 1.29 is 14.7 Å². The average Bonchev–Trinajstić information content (AvgIpc) is 2.42. The van der Waals surface area contributed by atoms with Crippen molar-refractivity contribution in [2.24, 2.45) is 5.92 Å². The molecule has 0 aromatic heterocycles. The molecular formula is C18H26N2O3. The van der Waals surface area contributed by atoms with Crippen LogP contribution in [-0.4, -0.2) is 29.1 Å². The number of carbonyl (C=O) groups is 2. The Morgan fingerprint density at radius 1 is 1.22 bits per heavy atom. The van der Waals surface area contributed by atoms with E-state index in [0.717, 1.165) is 11.3 Å². The highest BCUT2D eigenvalue weighted by atomic mass is 16.4. The summed E-state index contributed by atoms with van der Waals surface area (Å²) in [5.74, 6) is -0.623. The lowest BCUT2D eigenvalue weighted by Gasteiger charge is -2.35. The van der Waals surface area contributed by atoms with E-state index in [2.05, 4.69) is 24.5 Å². The predicted octanol–water partition coefficient (Wildman–Crippen LogP) is 2.98. The summed E-state index contributed by atoms with van der Waals surface area (Å²) >= 11 is 0. The molecule has 126 valence electrons. The average molecular weight is 318 g/mol. The van der Waals surface area contributed by atoms with Gasteiger partial charge in [0.1, 0.15) is 0 Å². The van der Waals surface area contributed by atoms with E-state index in [9.17, 15) is 9.59 Å². The molecule has 0 spiro atoms. The maximum atomic E-state index is 12.2. The highest BCUT2D eigenvalue weighted by Crippen LogP contribution is 2.28. The standard InChI is InChI=1S/C18H26N2O3/c1-11(2)15-6-4-5-7-16(15)20-17(21)8-12(3)19-14-9-13(10-14)18(22)23/h4-7,11-14,19H,8-10H2,1-3H3,(H,20,21)(H,22,23). The van der Waals surface area contributed by atoms with Crippen LogP contribution < -0.4 is 10.6 Å². The molecule has 23 heavy (non-hydrogen) atoms. The molecule has 1 fully saturated rings. The van der Waals surface area contributed by atoms with Gasteiger partial charge in [-0.2, -0.15) is 0 Å². The van der Waals surface area contributed by atoms with E-state index in [1.807, 2.05) is 31.2 Å². The molecule has 0 aliphatic heterocycles. The molecule has 1 aliphatic carbocycles. The Hall–Kier alpha value is -1.88. The third-order valence-corrected chi connectivity index (χ3v) is 4.36. The maximum Gasteiger partial charge on any atom is 0.306 e. The lowest BCUT2D eigenvalue weighted by atomic mass is 9.80. The van der Waals surface area contributed by atoms with Gasteiger partial charge >= 0.3 is 5.97 Å². The monoisotopic (exact) mass is 318 g/mol. The van der Waals surface area contributed by atoms with Gasteiger partial charge in [0, 0.05) is 24.2 Å². The molecule has 1 unspecified atom stereocenters. The van der Waals surface area contributed by atoms with Crippen LogP contribution >= 0.6 is 0 Å². The van der Waals surface area contributed by atoms with Gasteiger partial charge in [0.05, 0.1) is 5.92 Å². The number of rotatable bonds is 7. The summed E-state index contributed by atoms with van der Waals surface area (Å²) in [6.45, 7) is 6.16. The van der Waals surface area contributed by atoms with Crippen molar-refractivity contribution in [3.8, 4) is 0 Å². The molecule has 1 amide bonds. The van der Waals surface area contributed by atoms with E-state index in [1.54, 1.807) is 0 Å². The van der Waals surface area contributed by atoms with E-state index >= 15 is 0 Å². The third-order valence-electron chi connectivity index (χ3n) is 4.36. The number of carboxylic acid groups (broad SMARTS) is 1. The summed E-state index contributed by atoms with van der Waals surface area (Å²) in [7, 11) is 0. The number of benzene rings is 1. The van der Waals surface area contributed by atoms with Gasteiger partial charge in [-0.3, -0.25) is 9.59 Å². The quantitative estimate of drug-likeness (QED) is 0.722. The largest absolute Gasteiger partial charge is 0.481 e. The number of anilines is 1. The SMILES string of the molecule is CC(CC(=O)Nc1ccccc1C(C)C)NC1CC(C(=O)O)C1. The van der Waals surface area contributed by atoms with Crippen LogP contribution in [0.2, 0.25) is 0 Å². The van der Waals surface area contributed by atoms with Crippen LogP contribution in [0.3, 0.4) is 0 Å². The van der Waals surface area contributed by atoms with Gasteiger partial charge < -0.3 is 15.7 Å². The lowest BCUT2D eigenvalue weighted by molar-refractivity contribution is -0.145. The Morgan fingerprint density at radius 3 is 2.48 bits per heavy atom. The molecule has 1 aliphatic rings. The zero-order valence-corrected chi connectivity index (χ0v) is 14.0. The summed E-state index contributed by atoms with van der Waals surface area (Å²) in [5, 5.41) is 15.2. The smallest absolute Gasteiger partial charge is 0.306 e. The number of nitrogens with one attached hydrogen (secondary N) is 2. The third kappa shape index (κ3) is 4.79. The second kappa shape index (κ2) is 7.59. The summed E-state index contributed by atoms with van der Waals surface area (Å²) in [4.78, 5) is 23.0. The first-order valence-electron chi connectivity index (χ1n) is 8.24. The Morgan fingerprint density at radius 2 is 1.87 bits per heavy atom. The number of para-hydroxylation sites is 1. The Balaban J connectivity index is 1.80. The normalized spacial score (nSPS) is 21.6. The Labute approximate surface area is 137 Å². The summed E-state index contributed by atoms with van der Waals surface area (Å²) in [6, 6.07) is 8.09. The van der Waals surface area contributed by atoms with E-state index in [1.165, 1.54) is 0 Å². The first kappa shape index (κ1) is 17.5. The fourth-order valence-electron chi connectivity index (χ4n) is 3.01. The number of carboxylic acids is 1. The molecule has 5 heteroatoms. The van der Waals surface area contributed by atoms with Crippen molar-refractivity contribution in [3.05, 3.63) is 29.8 Å². The van der Waals surface area contributed by atoms with Gasteiger partial charge in [-0.15, -0.1) is 0 Å². The van der Waals surface area contributed by atoms with Crippen LogP contribution in [0.25, 0.3) is 0 Å². The molecule has 3 N–H and O–H groups in total. The van der Waals surface area contributed by atoms with Crippen LogP contribution in [0.4, 0.5) is 5.69 Å². The molecule has 0 saturated heterocycles. The van der Waals surface area contributed by atoms with Crippen LogP contribution in [0.15, 0.2) is 24.3 Å². The first-order chi connectivity index (χ1) is 10.9. The number of hydrogen-bond donors (Lipinski definition) is 3. The van der Waals surface area contributed by atoms with Gasteiger partial charge in [-0.25, -0.2) is 0 Å². The molecule has 0 bridgehead atoms.